The quantitative estimate of drug-likeness (QED) is 0.552. The zero-order valence-electron chi connectivity index (χ0n) is 6.88. The number of aryl methyl sites for hydroxylation is 1. The van der Waals surface area contributed by atoms with Crippen LogP contribution in [0.4, 0.5) is 0 Å². The van der Waals surface area contributed by atoms with Gasteiger partial charge in [0.25, 0.3) is 0 Å². The highest BCUT2D eigenvalue weighted by atomic mass is 127. The van der Waals surface area contributed by atoms with E-state index in [1.165, 1.54) is 0 Å². The molecule has 4 heteroatoms. The van der Waals surface area contributed by atoms with Gasteiger partial charge in [-0.25, -0.2) is 4.98 Å². The first kappa shape index (κ1) is 9.15. The highest BCUT2D eigenvalue weighted by Crippen LogP contribution is 2.22. The summed E-state index contributed by atoms with van der Waals surface area (Å²) < 4.78 is 0.961. The summed E-state index contributed by atoms with van der Waals surface area (Å²) in [4.78, 5) is 8.45. The first-order valence-corrected chi connectivity index (χ1v) is 5.21. The van der Waals surface area contributed by atoms with Crippen molar-refractivity contribution in [2.45, 2.75) is 6.92 Å². The molecule has 0 N–H and O–H groups in total. The van der Waals surface area contributed by atoms with Gasteiger partial charge >= 0.3 is 0 Å². The maximum absolute atomic E-state index is 5.90. The Morgan fingerprint density at radius 3 is 3.00 bits per heavy atom. The summed E-state index contributed by atoms with van der Waals surface area (Å²) in [6.45, 7) is 1.97. The molecule has 0 amide bonds. The van der Waals surface area contributed by atoms with E-state index in [0.717, 1.165) is 20.2 Å². The predicted molar refractivity (Wildman–Crippen MR) is 62.0 cm³/mol. The summed E-state index contributed by atoms with van der Waals surface area (Å²) >= 11 is 8.07. The monoisotopic (exact) mass is 304 g/mol. The number of halogens is 2. The fourth-order valence-electron chi connectivity index (χ4n) is 1.19. The molecule has 0 saturated carbocycles. The Bertz CT molecular complexity index is 470. The minimum Gasteiger partial charge on any atom is -0.261 e. The molecule has 2 aromatic heterocycles. The Morgan fingerprint density at radius 2 is 2.23 bits per heavy atom. The van der Waals surface area contributed by atoms with Gasteiger partial charge in [-0.05, 0) is 41.6 Å². The number of aromatic nitrogens is 2. The molecule has 13 heavy (non-hydrogen) atoms. The lowest BCUT2D eigenvalue weighted by molar-refractivity contribution is 1.22. The fraction of sp³-hybridized carbons (Fsp3) is 0.111. The van der Waals surface area contributed by atoms with Crippen molar-refractivity contribution in [2.24, 2.45) is 0 Å². The molecular formula is C9H6ClIN2. The standard InChI is InChI=1S/C9H6ClIN2/c1-5-6-4-7(11)9(10)13-8(6)2-3-12-5/h2-4H,1H3. The Labute approximate surface area is 94.5 Å². The van der Waals surface area contributed by atoms with E-state index in [9.17, 15) is 0 Å². The third-order valence-corrected chi connectivity index (χ3v) is 3.28. The smallest absolute Gasteiger partial charge is 0.143 e. The van der Waals surface area contributed by atoms with Crippen LogP contribution >= 0.6 is 34.2 Å². The van der Waals surface area contributed by atoms with E-state index in [1.807, 2.05) is 19.1 Å². The van der Waals surface area contributed by atoms with E-state index < -0.39 is 0 Å². The van der Waals surface area contributed by atoms with Crippen molar-refractivity contribution in [1.82, 2.24) is 9.97 Å². The van der Waals surface area contributed by atoms with Crippen LogP contribution in [0.5, 0.6) is 0 Å². The molecule has 0 fully saturated rings. The van der Waals surface area contributed by atoms with Crippen molar-refractivity contribution in [3.8, 4) is 0 Å². The summed E-state index contributed by atoms with van der Waals surface area (Å²) in [6, 6.07) is 3.87. The van der Waals surface area contributed by atoms with Gasteiger partial charge < -0.3 is 0 Å². The number of hydrogen-bond donors (Lipinski definition) is 0. The average Bonchev–Trinajstić information content (AvgIpc) is 2.09. The van der Waals surface area contributed by atoms with Crippen LogP contribution in [-0.4, -0.2) is 9.97 Å². The zero-order valence-corrected chi connectivity index (χ0v) is 9.80. The minimum absolute atomic E-state index is 0.554. The summed E-state index contributed by atoms with van der Waals surface area (Å²) in [7, 11) is 0. The van der Waals surface area contributed by atoms with E-state index in [-0.39, 0.29) is 0 Å². The highest BCUT2D eigenvalue weighted by Gasteiger charge is 2.03. The van der Waals surface area contributed by atoms with E-state index in [2.05, 4.69) is 32.6 Å². The lowest BCUT2D eigenvalue weighted by Crippen LogP contribution is -1.88. The number of hydrogen-bond acceptors (Lipinski definition) is 2. The van der Waals surface area contributed by atoms with Gasteiger partial charge in [0.15, 0.2) is 0 Å². The molecule has 2 rings (SSSR count). The number of fused-ring (bicyclic) bond motifs is 1. The molecule has 0 radical (unpaired) electrons. The molecule has 0 spiro atoms. The highest BCUT2D eigenvalue weighted by molar-refractivity contribution is 14.1. The summed E-state index contributed by atoms with van der Waals surface area (Å²) in [5, 5.41) is 1.62. The van der Waals surface area contributed by atoms with E-state index in [4.69, 9.17) is 11.6 Å². The van der Waals surface area contributed by atoms with Gasteiger partial charge in [-0.15, -0.1) is 0 Å². The molecule has 0 aromatic carbocycles. The van der Waals surface area contributed by atoms with Crippen LogP contribution in [0.2, 0.25) is 5.15 Å². The number of nitrogens with zero attached hydrogens (tertiary/aromatic N) is 2. The van der Waals surface area contributed by atoms with Crippen molar-refractivity contribution < 1.29 is 0 Å². The first-order valence-electron chi connectivity index (χ1n) is 3.76. The van der Waals surface area contributed by atoms with Crippen molar-refractivity contribution >= 4 is 45.1 Å². The second-order valence-corrected chi connectivity index (χ2v) is 4.24. The maximum atomic E-state index is 5.90. The average molecular weight is 305 g/mol. The van der Waals surface area contributed by atoms with Gasteiger partial charge in [-0.2, -0.15) is 0 Å². The third-order valence-electron chi connectivity index (χ3n) is 1.85. The van der Waals surface area contributed by atoms with Crippen LogP contribution in [0, 0.1) is 10.5 Å². The second-order valence-electron chi connectivity index (χ2n) is 2.72. The summed E-state index contributed by atoms with van der Waals surface area (Å²) in [6.07, 6.45) is 1.74. The van der Waals surface area contributed by atoms with Gasteiger partial charge in [0.05, 0.1) is 9.09 Å². The molecule has 66 valence electrons. The molecule has 0 saturated heterocycles. The van der Waals surface area contributed by atoms with Gasteiger partial charge in [-0.3, -0.25) is 4.98 Å². The molecule has 2 nitrogen and oxygen atoms in total. The van der Waals surface area contributed by atoms with E-state index in [0.29, 0.717) is 5.15 Å². The van der Waals surface area contributed by atoms with Gasteiger partial charge in [0.2, 0.25) is 0 Å². The Kier molecular flexibility index (Phi) is 2.38. The molecule has 0 aliphatic heterocycles. The molecule has 2 heterocycles. The number of pyridine rings is 2. The van der Waals surface area contributed by atoms with Crippen LogP contribution in [-0.2, 0) is 0 Å². The second kappa shape index (κ2) is 3.38. The maximum Gasteiger partial charge on any atom is 0.143 e. The normalized spacial score (nSPS) is 10.7. The molecular weight excluding hydrogens is 298 g/mol. The van der Waals surface area contributed by atoms with Crippen LogP contribution < -0.4 is 0 Å². The van der Waals surface area contributed by atoms with Crippen molar-refractivity contribution in [1.29, 1.82) is 0 Å². The number of rotatable bonds is 0. The Morgan fingerprint density at radius 1 is 1.46 bits per heavy atom. The molecule has 0 bridgehead atoms. The SMILES string of the molecule is Cc1nccc2nc(Cl)c(I)cc12. The third kappa shape index (κ3) is 1.62. The molecule has 0 atom stereocenters. The molecule has 2 aromatic rings. The predicted octanol–water partition coefficient (Wildman–Crippen LogP) is 3.20. The van der Waals surface area contributed by atoms with Crippen LogP contribution in [0.1, 0.15) is 5.69 Å². The minimum atomic E-state index is 0.554. The summed E-state index contributed by atoms with van der Waals surface area (Å²) in [5.74, 6) is 0. The lowest BCUT2D eigenvalue weighted by atomic mass is 10.2. The van der Waals surface area contributed by atoms with Gasteiger partial charge in [0.1, 0.15) is 5.15 Å². The Balaban J connectivity index is 2.89. The van der Waals surface area contributed by atoms with Crippen LogP contribution in [0.25, 0.3) is 10.9 Å². The topological polar surface area (TPSA) is 25.8 Å². The molecule has 0 aliphatic rings. The van der Waals surface area contributed by atoms with Crippen LogP contribution in [0.15, 0.2) is 18.3 Å². The summed E-state index contributed by atoms with van der Waals surface area (Å²) in [5.41, 5.74) is 1.89. The zero-order chi connectivity index (χ0) is 9.42. The van der Waals surface area contributed by atoms with Crippen LogP contribution in [0.3, 0.4) is 0 Å². The van der Waals surface area contributed by atoms with Crippen molar-refractivity contribution in [3.63, 3.8) is 0 Å². The lowest BCUT2D eigenvalue weighted by Gasteiger charge is -2.01. The van der Waals surface area contributed by atoms with E-state index in [1.54, 1.807) is 6.20 Å². The van der Waals surface area contributed by atoms with Gasteiger partial charge in [0, 0.05) is 17.3 Å². The van der Waals surface area contributed by atoms with Crippen molar-refractivity contribution in [2.75, 3.05) is 0 Å². The van der Waals surface area contributed by atoms with E-state index >= 15 is 0 Å². The molecule has 0 aliphatic carbocycles. The Hall–Kier alpha value is -0.420. The van der Waals surface area contributed by atoms with Gasteiger partial charge in [-0.1, -0.05) is 11.6 Å². The van der Waals surface area contributed by atoms with Crippen molar-refractivity contribution in [3.05, 3.63) is 32.7 Å². The largest absolute Gasteiger partial charge is 0.261 e. The molecule has 0 unspecified atom stereocenters. The fourth-order valence-corrected chi connectivity index (χ4v) is 1.76. The first-order chi connectivity index (χ1) is 6.18.